The zero-order chi connectivity index (χ0) is 24.4. The van der Waals surface area contributed by atoms with Gasteiger partial charge < -0.3 is 15.4 Å². The average Bonchev–Trinajstić information content (AvgIpc) is 3.29. The van der Waals surface area contributed by atoms with E-state index < -0.39 is 11.9 Å². The van der Waals surface area contributed by atoms with E-state index in [0.29, 0.717) is 38.2 Å². The molecule has 174 valence electrons. The van der Waals surface area contributed by atoms with Gasteiger partial charge in [-0.05, 0) is 44.5 Å². The first-order chi connectivity index (χ1) is 16.3. The highest BCUT2D eigenvalue weighted by molar-refractivity contribution is 7.19. The van der Waals surface area contributed by atoms with Crippen LogP contribution in [0.1, 0.15) is 48.7 Å². The van der Waals surface area contributed by atoms with Crippen LogP contribution in [-0.2, 0) is 4.74 Å². The molecule has 0 saturated carbocycles. The number of rotatable bonds is 6. The fourth-order valence-corrected chi connectivity index (χ4v) is 4.79. The van der Waals surface area contributed by atoms with E-state index in [2.05, 4.69) is 15.6 Å². The van der Waals surface area contributed by atoms with Crippen LogP contribution in [-0.4, -0.2) is 33.8 Å². The number of thiophene rings is 1. The smallest absolute Gasteiger partial charge is 0.341 e. The van der Waals surface area contributed by atoms with Crippen molar-refractivity contribution < 1.29 is 19.1 Å². The summed E-state index contributed by atoms with van der Waals surface area (Å²) in [7, 11) is 0. The number of carbonyl (C=O) groups is 3. The molecule has 10 heteroatoms. The molecule has 0 aliphatic carbocycles. The van der Waals surface area contributed by atoms with Gasteiger partial charge in [0.05, 0.1) is 22.7 Å². The van der Waals surface area contributed by atoms with Crippen LogP contribution in [0.25, 0.3) is 5.65 Å². The first-order valence-electron chi connectivity index (χ1n) is 10.4. The standard InChI is InChI=1S/C24H21ClN4O4S/c1-4-33-24(32)18-13(2)20(22(31)27-16-8-6-5-7-9-16)34-23(18)28-21(30)19-14(3)26-17-12-15(25)10-11-29(17)19/h5-12H,4H2,1-3H3,(H,27,31)(H,28,30). The van der Waals surface area contributed by atoms with Crippen molar-refractivity contribution in [3.8, 4) is 0 Å². The molecular weight excluding hydrogens is 476 g/mol. The summed E-state index contributed by atoms with van der Waals surface area (Å²) in [4.78, 5) is 43.6. The molecule has 4 aromatic rings. The SMILES string of the molecule is CCOC(=O)c1c(NC(=O)c2c(C)nc3cc(Cl)ccn23)sc(C(=O)Nc2ccccc2)c1C. The van der Waals surface area contributed by atoms with Crippen molar-refractivity contribution in [2.75, 3.05) is 17.2 Å². The largest absolute Gasteiger partial charge is 0.462 e. The third kappa shape index (κ3) is 4.52. The molecule has 3 aromatic heterocycles. The number of anilines is 2. The van der Waals surface area contributed by atoms with E-state index in [-0.39, 0.29) is 23.1 Å². The lowest BCUT2D eigenvalue weighted by Crippen LogP contribution is -2.17. The number of hydrogen-bond donors (Lipinski definition) is 2. The minimum atomic E-state index is -0.619. The van der Waals surface area contributed by atoms with Gasteiger partial charge in [0.2, 0.25) is 0 Å². The Balaban J connectivity index is 1.71. The fraction of sp³-hybridized carbons (Fsp3) is 0.167. The first kappa shape index (κ1) is 23.5. The van der Waals surface area contributed by atoms with Crippen LogP contribution in [0, 0.1) is 13.8 Å². The number of benzene rings is 1. The number of esters is 1. The Kier molecular flexibility index (Phi) is 6.67. The van der Waals surface area contributed by atoms with Gasteiger partial charge in [-0.15, -0.1) is 11.3 Å². The Labute approximate surface area is 204 Å². The molecule has 0 bridgehead atoms. The summed E-state index contributed by atoms with van der Waals surface area (Å²) in [5.41, 5.74) is 2.49. The van der Waals surface area contributed by atoms with Gasteiger partial charge in [-0.1, -0.05) is 29.8 Å². The highest BCUT2D eigenvalue weighted by Gasteiger charge is 2.28. The van der Waals surface area contributed by atoms with E-state index in [1.54, 1.807) is 67.8 Å². The average molecular weight is 497 g/mol. The van der Waals surface area contributed by atoms with Gasteiger partial charge in [0, 0.05) is 23.0 Å². The Hall–Kier alpha value is -3.69. The van der Waals surface area contributed by atoms with E-state index >= 15 is 0 Å². The maximum absolute atomic E-state index is 13.3. The number of carbonyl (C=O) groups excluding carboxylic acids is 3. The number of halogens is 1. The summed E-state index contributed by atoms with van der Waals surface area (Å²) < 4.78 is 6.81. The topological polar surface area (TPSA) is 102 Å². The Bertz CT molecular complexity index is 1410. The number of fused-ring (bicyclic) bond motifs is 1. The molecule has 2 amide bonds. The molecule has 0 radical (unpaired) electrons. The number of nitrogens with zero attached hydrogens (tertiary/aromatic N) is 2. The molecule has 4 rings (SSSR count). The van der Waals surface area contributed by atoms with Gasteiger partial charge in [-0.2, -0.15) is 0 Å². The van der Waals surface area contributed by atoms with Crippen LogP contribution >= 0.6 is 22.9 Å². The Morgan fingerprint density at radius 1 is 1.09 bits per heavy atom. The lowest BCUT2D eigenvalue weighted by molar-refractivity contribution is 0.0527. The molecular formula is C24H21ClN4O4S. The molecule has 2 N–H and O–H groups in total. The summed E-state index contributed by atoms with van der Waals surface area (Å²) in [5, 5.41) is 6.32. The van der Waals surface area contributed by atoms with Crippen molar-refractivity contribution in [2.24, 2.45) is 0 Å². The molecule has 0 aliphatic rings. The Morgan fingerprint density at radius 2 is 1.82 bits per heavy atom. The second-order valence-corrected chi connectivity index (χ2v) is 8.83. The van der Waals surface area contributed by atoms with Crippen LogP contribution in [0.3, 0.4) is 0 Å². The molecule has 3 heterocycles. The predicted molar refractivity (Wildman–Crippen MR) is 132 cm³/mol. The maximum atomic E-state index is 13.3. The number of ether oxygens (including phenoxy) is 1. The molecule has 0 unspecified atom stereocenters. The van der Waals surface area contributed by atoms with Crippen molar-refractivity contribution in [1.82, 2.24) is 9.38 Å². The van der Waals surface area contributed by atoms with Gasteiger partial charge >= 0.3 is 5.97 Å². The summed E-state index contributed by atoms with van der Waals surface area (Å²) in [6.45, 7) is 5.20. The fourth-order valence-electron chi connectivity index (χ4n) is 3.55. The van der Waals surface area contributed by atoms with Crippen LogP contribution in [0.2, 0.25) is 5.02 Å². The van der Waals surface area contributed by atoms with E-state index in [1.165, 1.54) is 0 Å². The van der Waals surface area contributed by atoms with Crippen LogP contribution in [0.5, 0.6) is 0 Å². The summed E-state index contributed by atoms with van der Waals surface area (Å²) in [6.07, 6.45) is 1.65. The van der Waals surface area contributed by atoms with E-state index in [9.17, 15) is 14.4 Å². The monoisotopic (exact) mass is 496 g/mol. The predicted octanol–water partition coefficient (Wildman–Crippen LogP) is 5.35. The van der Waals surface area contributed by atoms with Gasteiger partial charge in [0.25, 0.3) is 11.8 Å². The molecule has 0 fully saturated rings. The van der Waals surface area contributed by atoms with Gasteiger partial charge in [-0.3, -0.25) is 14.0 Å². The van der Waals surface area contributed by atoms with Gasteiger partial charge in [0.1, 0.15) is 16.3 Å². The van der Waals surface area contributed by atoms with Crippen LogP contribution in [0.4, 0.5) is 10.7 Å². The molecule has 8 nitrogen and oxygen atoms in total. The van der Waals surface area contributed by atoms with Crippen LogP contribution < -0.4 is 10.6 Å². The molecule has 0 spiro atoms. The zero-order valence-electron chi connectivity index (χ0n) is 18.6. The second-order valence-electron chi connectivity index (χ2n) is 7.37. The number of pyridine rings is 1. The minimum absolute atomic E-state index is 0.146. The highest BCUT2D eigenvalue weighted by atomic mass is 35.5. The maximum Gasteiger partial charge on any atom is 0.341 e. The number of para-hydroxylation sites is 1. The normalized spacial score (nSPS) is 10.8. The number of aromatic nitrogens is 2. The Morgan fingerprint density at radius 3 is 2.53 bits per heavy atom. The third-order valence-electron chi connectivity index (χ3n) is 5.07. The van der Waals surface area contributed by atoms with Gasteiger partial charge in [-0.25, -0.2) is 9.78 Å². The van der Waals surface area contributed by atoms with Crippen molar-refractivity contribution in [3.63, 3.8) is 0 Å². The highest BCUT2D eigenvalue weighted by Crippen LogP contribution is 2.35. The van der Waals surface area contributed by atoms with Crippen molar-refractivity contribution in [1.29, 1.82) is 0 Å². The van der Waals surface area contributed by atoms with Crippen LogP contribution in [0.15, 0.2) is 48.7 Å². The van der Waals surface area contributed by atoms with E-state index in [0.717, 1.165) is 11.3 Å². The molecule has 0 atom stereocenters. The third-order valence-corrected chi connectivity index (χ3v) is 6.51. The molecule has 0 aliphatic heterocycles. The number of aryl methyl sites for hydroxylation is 1. The second kappa shape index (κ2) is 9.66. The zero-order valence-corrected chi connectivity index (χ0v) is 20.2. The van der Waals surface area contributed by atoms with Crippen molar-refractivity contribution in [2.45, 2.75) is 20.8 Å². The quantitative estimate of drug-likeness (QED) is 0.350. The summed E-state index contributed by atoms with van der Waals surface area (Å²) >= 11 is 7.05. The lowest BCUT2D eigenvalue weighted by Gasteiger charge is -2.08. The van der Waals surface area contributed by atoms with E-state index in [4.69, 9.17) is 16.3 Å². The summed E-state index contributed by atoms with van der Waals surface area (Å²) in [5.74, 6) is -1.48. The molecule has 1 aromatic carbocycles. The molecule has 0 saturated heterocycles. The minimum Gasteiger partial charge on any atom is -0.462 e. The van der Waals surface area contributed by atoms with Gasteiger partial charge in [0.15, 0.2) is 0 Å². The molecule has 34 heavy (non-hydrogen) atoms. The number of hydrogen-bond acceptors (Lipinski definition) is 6. The summed E-state index contributed by atoms with van der Waals surface area (Å²) in [6, 6.07) is 12.3. The number of amides is 2. The first-order valence-corrected chi connectivity index (χ1v) is 11.6. The van der Waals surface area contributed by atoms with Crippen molar-refractivity contribution in [3.05, 3.63) is 81.1 Å². The van der Waals surface area contributed by atoms with E-state index in [1.807, 2.05) is 6.07 Å². The van der Waals surface area contributed by atoms with Crippen molar-refractivity contribution >= 4 is 57.1 Å². The number of nitrogens with one attached hydrogen (secondary N) is 2. The number of imidazole rings is 1. The lowest BCUT2D eigenvalue weighted by atomic mass is 10.1.